The van der Waals surface area contributed by atoms with Gasteiger partial charge in [-0.25, -0.2) is 0 Å². The molecule has 2 heterocycles. The smallest absolute Gasteiger partial charge is 0.155 e. The van der Waals surface area contributed by atoms with Crippen molar-refractivity contribution in [2.75, 3.05) is 13.7 Å². The van der Waals surface area contributed by atoms with E-state index in [9.17, 15) is 0 Å². The Bertz CT molecular complexity index is 660. The number of methoxy groups -OCH3 is 1. The Balaban J connectivity index is 1.90. The molecule has 0 saturated heterocycles. The normalized spacial score (nSPS) is 26.4. The predicted molar refractivity (Wildman–Crippen MR) is 86.8 cm³/mol. The number of hydrogen-bond acceptors (Lipinski definition) is 3. The molecule has 1 aromatic heterocycles. The summed E-state index contributed by atoms with van der Waals surface area (Å²) in [5, 5.41) is 5.91. The van der Waals surface area contributed by atoms with Crippen LogP contribution in [0.5, 0.6) is 0 Å². The molecule has 1 N–H and O–H groups in total. The van der Waals surface area contributed by atoms with Crippen LogP contribution in [-0.4, -0.2) is 13.7 Å². The van der Waals surface area contributed by atoms with E-state index in [4.69, 9.17) is 4.74 Å². The van der Waals surface area contributed by atoms with Gasteiger partial charge in [-0.15, -0.1) is 11.3 Å². The van der Waals surface area contributed by atoms with Gasteiger partial charge in [0.25, 0.3) is 0 Å². The van der Waals surface area contributed by atoms with E-state index in [0.29, 0.717) is 0 Å². The van der Waals surface area contributed by atoms with E-state index >= 15 is 0 Å². The highest BCUT2D eigenvalue weighted by Crippen LogP contribution is 2.62. The topological polar surface area (TPSA) is 21.3 Å². The second-order valence-electron chi connectivity index (χ2n) is 6.28. The van der Waals surface area contributed by atoms with Gasteiger partial charge in [-0.2, -0.15) is 0 Å². The van der Waals surface area contributed by atoms with Gasteiger partial charge in [0.1, 0.15) is 0 Å². The molecule has 0 bridgehead atoms. The maximum absolute atomic E-state index is 6.19. The third kappa shape index (κ3) is 1.78. The highest BCUT2D eigenvalue weighted by atomic mass is 32.1. The molecule has 1 aromatic carbocycles. The molecule has 1 saturated carbocycles. The Morgan fingerprint density at radius 1 is 1.24 bits per heavy atom. The van der Waals surface area contributed by atoms with E-state index < -0.39 is 0 Å². The van der Waals surface area contributed by atoms with Crippen LogP contribution < -0.4 is 5.32 Å². The zero-order valence-corrected chi connectivity index (χ0v) is 13.4. The summed E-state index contributed by atoms with van der Waals surface area (Å²) < 4.78 is 6.19. The van der Waals surface area contributed by atoms with Crippen LogP contribution >= 0.6 is 11.3 Å². The highest BCUT2D eigenvalue weighted by molar-refractivity contribution is 7.10. The summed E-state index contributed by atoms with van der Waals surface area (Å²) in [6.07, 6.45) is 3.48. The molecular weight excluding hydrogens is 278 g/mol. The van der Waals surface area contributed by atoms with Crippen LogP contribution in [0.15, 0.2) is 35.7 Å². The lowest BCUT2D eigenvalue weighted by Gasteiger charge is -2.45. The Labute approximate surface area is 130 Å². The molecule has 110 valence electrons. The molecule has 21 heavy (non-hydrogen) atoms. The minimum absolute atomic E-state index is 0.111. The average Bonchev–Trinajstić information content (AvgIpc) is 3.13. The van der Waals surface area contributed by atoms with Crippen molar-refractivity contribution in [3.8, 4) is 0 Å². The molecule has 2 nitrogen and oxygen atoms in total. The van der Waals surface area contributed by atoms with E-state index in [1.54, 1.807) is 0 Å². The van der Waals surface area contributed by atoms with Gasteiger partial charge in [0.2, 0.25) is 0 Å². The minimum Gasteiger partial charge on any atom is -0.359 e. The zero-order valence-electron chi connectivity index (χ0n) is 12.6. The van der Waals surface area contributed by atoms with Crippen molar-refractivity contribution >= 4 is 11.3 Å². The second-order valence-corrected chi connectivity index (χ2v) is 7.23. The number of rotatable bonds is 3. The van der Waals surface area contributed by atoms with Crippen LogP contribution in [0.4, 0.5) is 0 Å². The molecule has 0 radical (unpaired) electrons. The Morgan fingerprint density at radius 2 is 2.10 bits per heavy atom. The molecule has 1 aliphatic carbocycles. The largest absolute Gasteiger partial charge is 0.359 e. The number of benzene rings is 1. The number of thiophene rings is 1. The van der Waals surface area contributed by atoms with Gasteiger partial charge < -0.3 is 4.74 Å². The van der Waals surface area contributed by atoms with Crippen LogP contribution in [0.3, 0.4) is 0 Å². The first-order chi connectivity index (χ1) is 10.2. The standard InChI is InChI=1S/C18H21NOS/c1-13-5-6-15-14(12-13)7-10-19-18(15,20-2)17(8-9-17)16-4-3-11-21-16/h3-6,11-12,19H,7-10H2,1-2H3. The molecule has 1 unspecified atom stereocenters. The van der Waals surface area contributed by atoms with E-state index in [0.717, 1.165) is 13.0 Å². The second kappa shape index (κ2) is 4.67. The first-order valence-corrected chi connectivity index (χ1v) is 8.54. The van der Waals surface area contributed by atoms with Gasteiger partial charge in [-0.1, -0.05) is 29.8 Å². The van der Waals surface area contributed by atoms with Crippen molar-refractivity contribution in [3.63, 3.8) is 0 Å². The fourth-order valence-corrected chi connectivity index (χ4v) is 5.03. The molecule has 0 spiro atoms. The first-order valence-electron chi connectivity index (χ1n) is 7.66. The van der Waals surface area contributed by atoms with E-state index in [1.807, 2.05) is 18.4 Å². The summed E-state index contributed by atoms with van der Waals surface area (Å²) in [5.41, 5.74) is 3.87. The fourth-order valence-electron chi connectivity index (χ4n) is 3.99. The molecule has 1 atom stereocenters. The lowest BCUT2D eigenvalue weighted by Crippen LogP contribution is -2.56. The molecule has 3 heteroatoms. The summed E-state index contributed by atoms with van der Waals surface area (Å²) in [4.78, 5) is 1.45. The first kappa shape index (κ1) is 13.5. The van der Waals surface area contributed by atoms with Gasteiger partial charge in [0, 0.05) is 24.1 Å². The van der Waals surface area contributed by atoms with Gasteiger partial charge in [0.05, 0.1) is 5.41 Å². The van der Waals surface area contributed by atoms with E-state index in [-0.39, 0.29) is 11.1 Å². The molecule has 1 fully saturated rings. The third-order valence-corrected chi connectivity index (χ3v) is 6.21. The molecule has 4 rings (SSSR count). The van der Waals surface area contributed by atoms with Gasteiger partial charge in [-0.3, -0.25) is 5.32 Å². The number of nitrogens with one attached hydrogen (secondary N) is 1. The number of ether oxygens (including phenoxy) is 1. The summed E-state index contributed by atoms with van der Waals surface area (Å²) in [5.74, 6) is 0. The summed E-state index contributed by atoms with van der Waals surface area (Å²) in [6.45, 7) is 3.15. The van der Waals surface area contributed by atoms with Gasteiger partial charge >= 0.3 is 0 Å². The Hall–Kier alpha value is -1.16. The van der Waals surface area contributed by atoms with Crippen molar-refractivity contribution < 1.29 is 4.74 Å². The maximum Gasteiger partial charge on any atom is 0.155 e. The van der Waals surface area contributed by atoms with Crippen molar-refractivity contribution in [1.82, 2.24) is 5.32 Å². The summed E-state index contributed by atoms with van der Waals surface area (Å²) in [6, 6.07) is 11.2. The Kier molecular flexibility index (Phi) is 3.00. The van der Waals surface area contributed by atoms with Crippen molar-refractivity contribution in [2.24, 2.45) is 0 Å². The molecule has 2 aromatic rings. The van der Waals surface area contributed by atoms with Gasteiger partial charge in [-0.05, 0) is 43.2 Å². The molecular formula is C18H21NOS. The average molecular weight is 299 g/mol. The van der Waals surface area contributed by atoms with Crippen LogP contribution in [-0.2, 0) is 22.3 Å². The monoisotopic (exact) mass is 299 g/mol. The van der Waals surface area contributed by atoms with Crippen LogP contribution in [0.25, 0.3) is 0 Å². The van der Waals surface area contributed by atoms with Crippen molar-refractivity contribution in [2.45, 2.75) is 37.3 Å². The number of aryl methyl sites for hydroxylation is 1. The number of fused-ring (bicyclic) bond motifs is 1. The molecule has 2 aliphatic rings. The zero-order chi connectivity index (χ0) is 14.5. The molecule has 1 aliphatic heterocycles. The van der Waals surface area contributed by atoms with E-state index in [1.165, 1.54) is 34.4 Å². The van der Waals surface area contributed by atoms with Crippen molar-refractivity contribution in [1.29, 1.82) is 0 Å². The SMILES string of the molecule is COC1(C2(c3cccs3)CC2)NCCc2cc(C)ccc21. The van der Waals surface area contributed by atoms with E-state index in [2.05, 4.69) is 48.0 Å². The van der Waals surface area contributed by atoms with Crippen LogP contribution in [0.2, 0.25) is 0 Å². The summed E-state index contributed by atoms with van der Waals surface area (Å²) in [7, 11) is 1.86. The fraction of sp³-hybridized carbons (Fsp3) is 0.444. The molecule has 0 amide bonds. The maximum atomic E-state index is 6.19. The highest BCUT2D eigenvalue weighted by Gasteiger charge is 2.63. The van der Waals surface area contributed by atoms with Crippen LogP contribution in [0, 0.1) is 6.92 Å². The quantitative estimate of drug-likeness (QED) is 0.932. The minimum atomic E-state index is -0.362. The lowest BCUT2D eigenvalue weighted by molar-refractivity contribution is -0.0819. The van der Waals surface area contributed by atoms with Crippen molar-refractivity contribution in [3.05, 3.63) is 57.3 Å². The van der Waals surface area contributed by atoms with Crippen LogP contribution in [0.1, 0.15) is 34.4 Å². The predicted octanol–water partition coefficient (Wildman–Crippen LogP) is 3.73. The number of hydrogen-bond donors (Lipinski definition) is 1. The Morgan fingerprint density at radius 3 is 2.76 bits per heavy atom. The lowest BCUT2D eigenvalue weighted by atomic mass is 9.78. The summed E-state index contributed by atoms with van der Waals surface area (Å²) >= 11 is 1.86. The van der Waals surface area contributed by atoms with Gasteiger partial charge in [0.15, 0.2) is 5.72 Å². The third-order valence-electron chi connectivity index (χ3n) is 5.13.